The lowest BCUT2D eigenvalue weighted by molar-refractivity contribution is 1.15. The Labute approximate surface area is 316 Å². The Morgan fingerprint density at radius 3 is 1.45 bits per heavy atom. The van der Waals surface area contributed by atoms with Crippen LogP contribution in [0.15, 0.2) is 176 Å². The lowest BCUT2D eigenvalue weighted by atomic mass is 10.0. The van der Waals surface area contributed by atoms with Gasteiger partial charge in [0.15, 0.2) is 0 Å². The lowest BCUT2D eigenvalue weighted by Crippen LogP contribution is -2.00. The number of aromatic nitrogens is 3. The molecule has 0 unspecified atom stereocenters. The molecule has 0 fully saturated rings. The predicted molar refractivity (Wildman–Crippen MR) is 224 cm³/mol. The molecule has 55 heavy (non-hydrogen) atoms. The van der Waals surface area contributed by atoms with Gasteiger partial charge in [0.05, 0.1) is 49.9 Å². The van der Waals surface area contributed by atoms with E-state index < -0.39 is 0 Å². The maximum atomic E-state index is 10.6. The van der Waals surface area contributed by atoms with Crippen molar-refractivity contribution in [3.05, 3.63) is 187 Å². The summed E-state index contributed by atoms with van der Waals surface area (Å²) in [6.07, 6.45) is 0. The molecule has 0 N–H and O–H groups in total. The van der Waals surface area contributed by atoms with Crippen molar-refractivity contribution in [2.24, 2.45) is 0 Å². The average molecular weight is 700 g/mol. The minimum absolute atomic E-state index is 0.533. The molecule has 254 valence electrons. The number of rotatable bonds is 4. The fraction of sp³-hybridized carbons (Fsp3) is 0. The van der Waals surface area contributed by atoms with E-state index in [-0.39, 0.29) is 0 Å². The zero-order valence-electron chi connectivity index (χ0n) is 29.5. The van der Waals surface area contributed by atoms with Gasteiger partial charge in [-0.1, -0.05) is 109 Å². The molecule has 0 aliphatic heterocycles. The summed E-state index contributed by atoms with van der Waals surface area (Å²) in [5.74, 6) is 0. The van der Waals surface area contributed by atoms with Crippen molar-refractivity contribution in [2.75, 3.05) is 0 Å². The summed E-state index contributed by atoms with van der Waals surface area (Å²) in [6, 6.07) is 66.0. The van der Waals surface area contributed by atoms with E-state index in [1.165, 1.54) is 32.6 Å². The van der Waals surface area contributed by atoms with E-state index in [1.54, 1.807) is 0 Å². The molecular formula is C50H29N5. The molecule has 0 aliphatic rings. The van der Waals surface area contributed by atoms with E-state index in [0.29, 0.717) is 11.1 Å². The second-order valence-corrected chi connectivity index (χ2v) is 14.0. The molecule has 0 bridgehead atoms. The van der Waals surface area contributed by atoms with Gasteiger partial charge in [-0.2, -0.15) is 10.5 Å². The van der Waals surface area contributed by atoms with Crippen LogP contribution >= 0.6 is 0 Å². The highest BCUT2D eigenvalue weighted by Gasteiger charge is 2.19. The third kappa shape index (κ3) is 4.45. The van der Waals surface area contributed by atoms with Gasteiger partial charge in [-0.05, 0) is 77.9 Å². The largest absolute Gasteiger partial charge is 0.309 e. The summed E-state index contributed by atoms with van der Waals surface area (Å²) in [7, 11) is 0. The third-order valence-electron chi connectivity index (χ3n) is 11.1. The van der Waals surface area contributed by atoms with E-state index in [9.17, 15) is 10.5 Å². The van der Waals surface area contributed by atoms with Gasteiger partial charge < -0.3 is 13.7 Å². The molecule has 11 aromatic rings. The minimum atomic E-state index is 0.533. The highest BCUT2D eigenvalue weighted by molar-refractivity contribution is 6.13. The standard InChI is InChI=1S/C50H29N5/c51-30-34-12-10-18-43-41-17-4-8-22-48(41)55(50(34)43)44-26-23-33(27-35(44)31-52)32-11-9-13-36(28-32)54-47-21-7-3-16-40(47)42-25-24-37(29-49(42)54)53-45-19-5-1-14-38(45)39-15-2-6-20-46(39)53/h1-29H. The topological polar surface area (TPSA) is 62.4 Å². The van der Waals surface area contributed by atoms with Crippen molar-refractivity contribution in [3.8, 4) is 40.3 Å². The number of hydrogen-bond donors (Lipinski definition) is 0. The summed E-state index contributed by atoms with van der Waals surface area (Å²) in [6.45, 7) is 0. The van der Waals surface area contributed by atoms with Gasteiger partial charge in [-0.25, -0.2) is 0 Å². The summed E-state index contributed by atoms with van der Waals surface area (Å²) in [5, 5.41) is 27.6. The number of nitrogens with zero attached hydrogens (tertiary/aromatic N) is 5. The van der Waals surface area contributed by atoms with Gasteiger partial charge in [-0.3, -0.25) is 0 Å². The maximum absolute atomic E-state index is 10.6. The summed E-state index contributed by atoms with van der Waals surface area (Å²) < 4.78 is 6.78. The van der Waals surface area contributed by atoms with Crippen molar-refractivity contribution in [1.82, 2.24) is 13.7 Å². The van der Waals surface area contributed by atoms with Crippen LogP contribution in [0.1, 0.15) is 11.1 Å². The first-order valence-corrected chi connectivity index (χ1v) is 18.3. The van der Waals surface area contributed by atoms with E-state index in [0.717, 1.165) is 61.0 Å². The molecule has 3 aromatic heterocycles. The van der Waals surface area contributed by atoms with Crippen LogP contribution in [0.4, 0.5) is 0 Å². The molecule has 0 saturated heterocycles. The fourth-order valence-corrected chi connectivity index (χ4v) is 8.76. The van der Waals surface area contributed by atoms with Crippen molar-refractivity contribution in [1.29, 1.82) is 10.5 Å². The molecule has 5 nitrogen and oxygen atoms in total. The summed E-state index contributed by atoms with van der Waals surface area (Å²) in [5.41, 5.74) is 12.3. The number of nitriles is 2. The average Bonchev–Trinajstić information content (AvgIpc) is 3.89. The van der Waals surface area contributed by atoms with Gasteiger partial charge in [0.25, 0.3) is 0 Å². The monoisotopic (exact) mass is 699 g/mol. The Bertz CT molecular complexity index is 3420. The van der Waals surface area contributed by atoms with E-state index >= 15 is 0 Å². The molecule has 0 saturated carbocycles. The summed E-state index contributed by atoms with van der Waals surface area (Å²) in [4.78, 5) is 0. The van der Waals surface area contributed by atoms with E-state index in [1.807, 2.05) is 48.5 Å². The summed E-state index contributed by atoms with van der Waals surface area (Å²) >= 11 is 0. The molecule has 0 aliphatic carbocycles. The molecule has 0 atom stereocenters. The lowest BCUT2D eigenvalue weighted by Gasteiger charge is -2.14. The van der Waals surface area contributed by atoms with Crippen LogP contribution in [-0.2, 0) is 0 Å². The molecule has 5 heteroatoms. The van der Waals surface area contributed by atoms with Crippen LogP contribution in [0.25, 0.3) is 93.6 Å². The predicted octanol–water partition coefficient (Wildman–Crippen LogP) is 12.4. The normalized spacial score (nSPS) is 11.6. The van der Waals surface area contributed by atoms with Crippen LogP contribution in [0.3, 0.4) is 0 Å². The van der Waals surface area contributed by atoms with Crippen LogP contribution in [0, 0.1) is 22.7 Å². The highest BCUT2D eigenvalue weighted by atomic mass is 15.0. The fourth-order valence-electron chi connectivity index (χ4n) is 8.76. The Kier molecular flexibility index (Phi) is 6.61. The van der Waals surface area contributed by atoms with Gasteiger partial charge in [0, 0.05) is 43.7 Å². The quantitative estimate of drug-likeness (QED) is 0.184. The smallest absolute Gasteiger partial charge is 0.101 e. The second-order valence-electron chi connectivity index (χ2n) is 14.0. The van der Waals surface area contributed by atoms with Crippen molar-refractivity contribution in [3.63, 3.8) is 0 Å². The molecular weight excluding hydrogens is 671 g/mol. The van der Waals surface area contributed by atoms with Crippen LogP contribution < -0.4 is 0 Å². The van der Waals surface area contributed by atoms with Crippen molar-refractivity contribution >= 4 is 65.4 Å². The van der Waals surface area contributed by atoms with Crippen molar-refractivity contribution < 1.29 is 0 Å². The Morgan fingerprint density at radius 2 is 0.818 bits per heavy atom. The molecule has 0 radical (unpaired) electrons. The van der Waals surface area contributed by atoms with Gasteiger partial charge in [-0.15, -0.1) is 0 Å². The highest BCUT2D eigenvalue weighted by Crippen LogP contribution is 2.39. The number of para-hydroxylation sites is 5. The SMILES string of the molecule is N#Cc1cc(-c2cccc(-n3c4ccccc4c4ccc(-n5c6ccccc6c6ccccc65)cc43)c2)ccc1-n1c2ccccc2c2cccc(C#N)c21. The van der Waals surface area contributed by atoms with E-state index in [4.69, 9.17) is 0 Å². The Morgan fingerprint density at radius 1 is 0.327 bits per heavy atom. The molecule has 11 rings (SSSR count). The van der Waals surface area contributed by atoms with Crippen LogP contribution in [0.5, 0.6) is 0 Å². The number of benzene rings is 8. The zero-order chi connectivity index (χ0) is 36.6. The van der Waals surface area contributed by atoms with Crippen LogP contribution in [-0.4, -0.2) is 13.7 Å². The van der Waals surface area contributed by atoms with Gasteiger partial charge >= 0.3 is 0 Å². The number of fused-ring (bicyclic) bond motifs is 9. The minimum Gasteiger partial charge on any atom is -0.309 e. The maximum Gasteiger partial charge on any atom is 0.101 e. The first-order valence-electron chi connectivity index (χ1n) is 18.3. The first-order chi connectivity index (χ1) is 27.2. The molecule has 3 heterocycles. The first kappa shape index (κ1) is 30.7. The van der Waals surface area contributed by atoms with Crippen LogP contribution in [0.2, 0.25) is 0 Å². The van der Waals surface area contributed by atoms with Gasteiger partial charge in [0.1, 0.15) is 12.1 Å². The Hall–Kier alpha value is -7.86. The molecule has 0 amide bonds. The van der Waals surface area contributed by atoms with E-state index in [2.05, 4.69) is 153 Å². The second kappa shape index (κ2) is 11.8. The zero-order valence-corrected chi connectivity index (χ0v) is 29.5. The molecule has 0 spiro atoms. The van der Waals surface area contributed by atoms with Gasteiger partial charge in [0.2, 0.25) is 0 Å². The number of hydrogen-bond acceptors (Lipinski definition) is 2. The van der Waals surface area contributed by atoms with Crippen molar-refractivity contribution in [2.45, 2.75) is 0 Å². The third-order valence-corrected chi connectivity index (χ3v) is 11.1. The Balaban J connectivity index is 1.09. The molecule has 8 aromatic carbocycles.